The number of hydrogen-bond donors (Lipinski definition) is 3. The highest BCUT2D eigenvalue weighted by Crippen LogP contribution is 2.21. The van der Waals surface area contributed by atoms with Crippen LogP contribution in [-0.2, 0) is 16.1 Å². The van der Waals surface area contributed by atoms with Gasteiger partial charge in [-0.2, -0.15) is 0 Å². The quantitative estimate of drug-likeness (QED) is 0.385. The Hall–Kier alpha value is -3.31. The molecule has 0 aliphatic carbocycles. The molecular weight excluding hydrogens is 362 g/mol. The lowest BCUT2D eigenvalue weighted by atomic mass is 10.1. The van der Waals surface area contributed by atoms with E-state index >= 15 is 0 Å². The molecule has 8 nitrogen and oxygen atoms in total. The molecule has 0 bridgehead atoms. The number of hydrogen-bond acceptors (Lipinski definition) is 4. The second-order valence-electron chi connectivity index (χ2n) is 4.46. The molecule has 0 aliphatic rings. The SMILES string of the molecule is B.CCn1cc(C(=O)O)c(=O)c2cc(F)c(F)c(F)c21.O=C(O)C(=O)O. The second-order valence-corrected chi connectivity index (χ2v) is 4.46. The van der Waals surface area contributed by atoms with Gasteiger partial charge < -0.3 is 19.9 Å². The Morgan fingerprint density at radius 3 is 1.92 bits per heavy atom. The first-order valence-corrected chi connectivity index (χ1v) is 6.43. The van der Waals surface area contributed by atoms with Crippen molar-refractivity contribution < 1.29 is 42.9 Å². The molecule has 140 valence electrons. The van der Waals surface area contributed by atoms with Crippen LogP contribution in [-0.4, -0.2) is 46.2 Å². The highest BCUT2D eigenvalue weighted by Gasteiger charge is 2.21. The first kappa shape index (κ1) is 22.7. The largest absolute Gasteiger partial charge is 0.477 e. The number of pyridine rings is 1. The molecule has 0 aliphatic heterocycles. The van der Waals surface area contributed by atoms with Gasteiger partial charge in [-0.3, -0.25) is 4.79 Å². The summed E-state index contributed by atoms with van der Waals surface area (Å²) in [4.78, 5) is 40.9. The van der Waals surface area contributed by atoms with E-state index in [1.165, 1.54) is 0 Å². The number of halogens is 3. The van der Waals surface area contributed by atoms with E-state index in [4.69, 9.17) is 24.9 Å². The van der Waals surface area contributed by atoms with Crippen molar-refractivity contribution in [1.29, 1.82) is 0 Å². The number of carboxylic acid groups (broad SMARTS) is 3. The number of fused-ring (bicyclic) bond motifs is 1. The lowest BCUT2D eigenvalue weighted by Crippen LogP contribution is -2.20. The summed E-state index contributed by atoms with van der Waals surface area (Å²) < 4.78 is 41.1. The van der Waals surface area contributed by atoms with Gasteiger partial charge in [-0.05, 0) is 13.0 Å². The Bertz CT molecular complexity index is 931. The number of aryl methyl sites for hydroxylation is 1. The normalized spacial score (nSPS) is 9.69. The van der Waals surface area contributed by atoms with E-state index in [1.807, 2.05) is 0 Å². The van der Waals surface area contributed by atoms with Crippen LogP contribution in [0, 0.1) is 17.5 Å². The average Bonchev–Trinajstić information content (AvgIpc) is 2.53. The van der Waals surface area contributed by atoms with Gasteiger partial charge in [0, 0.05) is 12.7 Å². The fourth-order valence-corrected chi connectivity index (χ4v) is 1.87. The highest BCUT2D eigenvalue weighted by molar-refractivity contribution is 6.27. The van der Waals surface area contributed by atoms with E-state index in [0.717, 1.165) is 10.8 Å². The van der Waals surface area contributed by atoms with Crippen molar-refractivity contribution in [1.82, 2.24) is 4.57 Å². The predicted molar refractivity (Wildman–Crippen MR) is 85.9 cm³/mol. The zero-order valence-corrected chi connectivity index (χ0v) is 12.4. The molecule has 0 amide bonds. The summed E-state index contributed by atoms with van der Waals surface area (Å²) in [7, 11) is 0. The van der Waals surface area contributed by atoms with Crippen molar-refractivity contribution in [3.63, 3.8) is 0 Å². The van der Waals surface area contributed by atoms with Crippen LogP contribution in [0.2, 0.25) is 0 Å². The molecule has 1 aromatic heterocycles. The molecule has 0 atom stereocenters. The summed E-state index contributed by atoms with van der Waals surface area (Å²) in [5.41, 5.74) is -2.12. The molecule has 0 fully saturated rings. The van der Waals surface area contributed by atoms with Crippen LogP contribution in [0.3, 0.4) is 0 Å². The van der Waals surface area contributed by atoms with Crippen molar-refractivity contribution in [2.24, 2.45) is 0 Å². The number of nitrogens with zero attached hydrogens (tertiary/aromatic N) is 1. The Morgan fingerprint density at radius 2 is 1.54 bits per heavy atom. The van der Waals surface area contributed by atoms with Crippen LogP contribution in [0.25, 0.3) is 10.9 Å². The van der Waals surface area contributed by atoms with Gasteiger partial charge in [-0.25, -0.2) is 27.6 Å². The van der Waals surface area contributed by atoms with Gasteiger partial charge in [-0.15, -0.1) is 0 Å². The maximum absolute atomic E-state index is 13.7. The minimum Gasteiger partial charge on any atom is -0.477 e. The van der Waals surface area contributed by atoms with Crippen LogP contribution in [0.15, 0.2) is 17.1 Å². The standard InChI is InChI=1S/C12H8F3NO3.C2H2O4.BH3/c1-2-16-4-6(12(18)19)11(17)5-3-7(13)8(14)9(15)10(5)16;3-1(4)2(5)6;/h3-4H,2H2,1H3,(H,18,19);(H,3,4)(H,5,6);1H3. The van der Waals surface area contributed by atoms with Gasteiger partial charge >= 0.3 is 17.9 Å². The highest BCUT2D eigenvalue weighted by atomic mass is 19.2. The van der Waals surface area contributed by atoms with Gasteiger partial charge in [-0.1, -0.05) is 0 Å². The monoisotopic (exact) mass is 375 g/mol. The van der Waals surface area contributed by atoms with Crippen LogP contribution >= 0.6 is 0 Å². The zero-order chi connectivity index (χ0) is 19.5. The molecule has 2 rings (SSSR count). The van der Waals surface area contributed by atoms with E-state index in [-0.39, 0.29) is 15.0 Å². The molecule has 3 N–H and O–H groups in total. The number of aromatic nitrogens is 1. The third-order valence-corrected chi connectivity index (χ3v) is 2.95. The van der Waals surface area contributed by atoms with Gasteiger partial charge in [0.15, 0.2) is 17.5 Å². The first-order chi connectivity index (χ1) is 11.5. The Kier molecular flexibility index (Phi) is 7.59. The zero-order valence-electron chi connectivity index (χ0n) is 12.4. The molecule has 0 saturated carbocycles. The third kappa shape index (κ3) is 4.40. The third-order valence-electron chi connectivity index (χ3n) is 2.95. The van der Waals surface area contributed by atoms with E-state index in [1.54, 1.807) is 6.92 Å². The average molecular weight is 375 g/mol. The van der Waals surface area contributed by atoms with E-state index in [9.17, 15) is 22.8 Å². The van der Waals surface area contributed by atoms with Crippen molar-refractivity contribution >= 4 is 37.2 Å². The summed E-state index contributed by atoms with van der Waals surface area (Å²) in [5, 5.41) is 23.1. The van der Waals surface area contributed by atoms with Crippen molar-refractivity contribution in [3.05, 3.63) is 45.5 Å². The minimum absolute atomic E-state index is 0. The topological polar surface area (TPSA) is 134 Å². The molecular formula is C14H13BF3NO7. The Labute approximate surface area is 144 Å². The number of aliphatic carboxylic acids is 2. The summed E-state index contributed by atoms with van der Waals surface area (Å²) in [6.07, 6.45) is 0.910. The maximum atomic E-state index is 13.7. The summed E-state index contributed by atoms with van der Waals surface area (Å²) >= 11 is 0. The molecule has 12 heteroatoms. The predicted octanol–water partition coefficient (Wildman–Crippen LogP) is 0.109. The minimum atomic E-state index is -1.82. The number of carboxylic acids is 3. The van der Waals surface area contributed by atoms with Gasteiger partial charge in [0.2, 0.25) is 5.43 Å². The van der Waals surface area contributed by atoms with E-state index < -0.39 is 57.3 Å². The smallest absolute Gasteiger partial charge is 0.414 e. The first-order valence-electron chi connectivity index (χ1n) is 6.43. The molecule has 0 unspecified atom stereocenters. The fourth-order valence-electron chi connectivity index (χ4n) is 1.87. The molecule has 0 spiro atoms. The maximum Gasteiger partial charge on any atom is 0.414 e. The number of aromatic carboxylic acids is 1. The number of benzene rings is 1. The molecule has 1 heterocycles. The van der Waals surface area contributed by atoms with Crippen LogP contribution < -0.4 is 5.43 Å². The molecule has 0 saturated heterocycles. The number of rotatable bonds is 2. The van der Waals surface area contributed by atoms with E-state index in [0.29, 0.717) is 6.07 Å². The van der Waals surface area contributed by atoms with Crippen molar-refractivity contribution in [2.45, 2.75) is 13.5 Å². The summed E-state index contributed by atoms with van der Waals surface area (Å²) in [6.45, 7) is 1.65. The van der Waals surface area contributed by atoms with Gasteiger partial charge in [0.05, 0.1) is 19.3 Å². The molecule has 0 radical (unpaired) electrons. The Morgan fingerprint density at radius 1 is 1.04 bits per heavy atom. The van der Waals surface area contributed by atoms with Crippen LogP contribution in [0.5, 0.6) is 0 Å². The lowest BCUT2D eigenvalue weighted by molar-refractivity contribution is -0.159. The van der Waals surface area contributed by atoms with Gasteiger partial charge in [0.25, 0.3) is 0 Å². The molecule has 26 heavy (non-hydrogen) atoms. The fraction of sp³-hybridized carbons (Fsp3) is 0.143. The van der Waals surface area contributed by atoms with Crippen molar-refractivity contribution in [2.75, 3.05) is 0 Å². The second kappa shape index (κ2) is 8.69. The van der Waals surface area contributed by atoms with Crippen LogP contribution in [0.4, 0.5) is 13.2 Å². The van der Waals surface area contributed by atoms with E-state index in [2.05, 4.69) is 0 Å². The molecule has 2 aromatic rings. The molecule has 1 aromatic carbocycles. The summed E-state index contributed by atoms with van der Waals surface area (Å²) in [6, 6.07) is 0.509. The lowest BCUT2D eigenvalue weighted by Gasteiger charge is -2.11. The van der Waals surface area contributed by atoms with Crippen molar-refractivity contribution in [3.8, 4) is 0 Å². The Balaban J connectivity index is 0.000000777. The van der Waals surface area contributed by atoms with Crippen LogP contribution in [0.1, 0.15) is 17.3 Å². The number of carbonyl (C=O) groups is 3. The summed E-state index contributed by atoms with van der Waals surface area (Å²) in [5.74, 6) is -9.90. The van der Waals surface area contributed by atoms with Gasteiger partial charge in [0.1, 0.15) is 5.56 Å².